The van der Waals surface area contributed by atoms with Crippen LogP contribution in [0.15, 0.2) is 0 Å². The van der Waals surface area contributed by atoms with Gasteiger partial charge in [-0.15, -0.1) is 0 Å². The maximum atomic E-state index is 12.3. The van der Waals surface area contributed by atoms with Crippen LogP contribution in [0.25, 0.3) is 0 Å². The summed E-state index contributed by atoms with van der Waals surface area (Å²) in [4.78, 5) is 112. The summed E-state index contributed by atoms with van der Waals surface area (Å²) < 4.78 is 74.3. The second-order valence-corrected chi connectivity index (χ2v) is 17.6. The Kier molecular flexibility index (Phi) is 34.3. The van der Waals surface area contributed by atoms with Gasteiger partial charge in [0.2, 0.25) is 53.2 Å². The summed E-state index contributed by atoms with van der Waals surface area (Å²) in [5.74, 6) is -5.61. The van der Waals surface area contributed by atoms with Crippen LogP contribution in [-0.4, -0.2) is 276 Å². The highest BCUT2D eigenvalue weighted by Crippen LogP contribution is 2.17. The van der Waals surface area contributed by atoms with Crippen LogP contribution in [-0.2, 0) is 91.2 Å². The smallest absolute Gasteiger partial charge is 0.266 e. The molecule has 0 aromatic carbocycles. The molecule has 2 fully saturated rings. The first kappa shape index (κ1) is 63.4. The Labute approximate surface area is 423 Å². The molecule has 31 heteroatoms. The van der Waals surface area contributed by atoms with Gasteiger partial charge < -0.3 is 74.7 Å². The van der Waals surface area contributed by atoms with Crippen LogP contribution >= 0.6 is 12.6 Å². The number of piperazine rings is 1. The van der Waals surface area contributed by atoms with Gasteiger partial charge in [-0.1, -0.05) is 0 Å². The van der Waals surface area contributed by atoms with Gasteiger partial charge in [0.25, 0.3) is 10.1 Å². The summed E-state index contributed by atoms with van der Waals surface area (Å²) >= 11 is 3.95. The van der Waals surface area contributed by atoms with Gasteiger partial charge in [0.05, 0.1) is 156 Å². The summed E-state index contributed by atoms with van der Waals surface area (Å²) in [7, 11) is -4.00. The van der Waals surface area contributed by atoms with Gasteiger partial charge in [0.1, 0.15) is 6.54 Å². The minimum atomic E-state index is -4.00. The highest BCUT2D eigenvalue weighted by Gasteiger charge is 2.37. The van der Waals surface area contributed by atoms with E-state index in [0.29, 0.717) is 112 Å². The molecule has 1 unspecified atom stereocenters. The molecule has 0 saturated carbocycles. The van der Waals surface area contributed by atoms with Gasteiger partial charge in [-0.3, -0.25) is 57.5 Å². The van der Waals surface area contributed by atoms with Crippen LogP contribution in [0, 0.1) is 0 Å². The van der Waals surface area contributed by atoms with Crippen LogP contribution in [0.1, 0.15) is 12.8 Å². The zero-order chi connectivity index (χ0) is 52.8. The third-order valence-corrected chi connectivity index (χ3v) is 10.9. The molecule has 0 spiro atoms. The van der Waals surface area contributed by atoms with Gasteiger partial charge in [0.15, 0.2) is 0 Å². The normalized spacial score (nSPS) is 15.1. The quantitative estimate of drug-likeness (QED) is 0.0122. The predicted octanol–water partition coefficient (Wildman–Crippen LogP) is -6.70. The highest BCUT2D eigenvalue weighted by atomic mass is 32.2. The number of imide groups is 1. The summed E-state index contributed by atoms with van der Waals surface area (Å²) in [6.45, 7) is 5.31. The van der Waals surface area contributed by atoms with E-state index in [9.17, 15) is 51.6 Å². The average Bonchev–Trinajstić information content (AvgIpc) is 3.59. The number of rotatable bonds is 42. The summed E-state index contributed by atoms with van der Waals surface area (Å²) in [5, 5.41) is 13.0. The molecule has 72 heavy (non-hydrogen) atoms. The molecule has 2 rings (SSSR count). The summed E-state index contributed by atoms with van der Waals surface area (Å²) in [5.41, 5.74) is 0. The Morgan fingerprint density at radius 2 is 0.861 bits per heavy atom. The van der Waals surface area contributed by atoms with Crippen LogP contribution in [0.5, 0.6) is 0 Å². The lowest BCUT2D eigenvalue weighted by Gasteiger charge is -2.34. The Morgan fingerprint density at radius 3 is 1.22 bits per heavy atom. The fraction of sp³-hybridized carbons (Fsp3) is 0.780. The molecule has 0 radical (unpaired) electrons. The molecule has 0 aromatic heterocycles. The molecular formula is C41H71N9O20S2. The van der Waals surface area contributed by atoms with Gasteiger partial charge in [-0.2, -0.15) is 21.0 Å². The molecule has 2 heterocycles. The number of ether oxygens (including phenoxy) is 8. The lowest BCUT2D eigenvalue weighted by Crippen LogP contribution is -2.49. The third-order valence-electron chi connectivity index (χ3n) is 9.78. The largest absolute Gasteiger partial charge is 0.379 e. The van der Waals surface area contributed by atoms with E-state index in [2.05, 4.69) is 44.5 Å². The average molecular weight is 1070 g/mol. The molecule has 0 bridgehead atoms. The second-order valence-electron chi connectivity index (χ2n) is 15.4. The lowest BCUT2D eigenvalue weighted by atomic mass is 10.3. The molecule has 0 aromatic rings. The van der Waals surface area contributed by atoms with E-state index in [1.54, 1.807) is 4.90 Å². The van der Waals surface area contributed by atoms with Crippen LogP contribution in [0.3, 0.4) is 0 Å². The monoisotopic (exact) mass is 1070 g/mol. The van der Waals surface area contributed by atoms with Crippen LogP contribution in [0.2, 0.25) is 0 Å². The molecule has 1 atom stereocenters. The second kappa shape index (κ2) is 38.9. The predicted molar refractivity (Wildman–Crippen MR) is 253 cm³/mol. The minimum Gasteiger partial charge on any atom is -0.379 e. The van der Waals surface area contributed by atoms with E-state index in [0.717, 1.165) is 4.90 Å². The topological polar surface area (TPSA) is 364 Å². The van der Waals surface area contributed by atoms with Crippen molar-refractivity contribution in [1.82, 2.24) is 46.6 Å². The molecular weight excluding hydrogens is 1000 g/mol. The van der Waals surface area contributed by atoms with E-state index >= 15 is 0 Å². The molecule has 0 aliphatic carbocycles. The number of nitrogens with one attached hydrogen (secondary N) is 6. The fourth-order valence-electron chi connectivity index (χ4n) is 5.93. The molecule has 9 amide bonds. The zero-order valence-electron chi connectivity index (χ0n) is 40.4. The van der Waals surface area contributed by atoms with Crippen molar-refractivity contribution in [2.75, 3.05) is 190 Å². The Hall–Kier alpha value is -4.67. The van der Waals surface area contributed by atoms with E-state index < -0.39 is 95.3 Å². The lowest BCUT2D eigenvalue weighted by molar-refractivity contribution is -0.142. The fourth-order valence-corrected chi connectivity index (χ4v) is 6.71. The van der Waals surface area contributed by atoms with Crippen molar-refractivity contribution >= 4 is 75.9 Å². The van der Waals surface area contributed by atoms with Crippen molar-refractivity contribution in [3.8, 4) is 0 Å². The first-order valence-electron chi connectivity index (χ1n) is 23.2. The summed E-state index contributed by atoms with van der Waals surface area (Å²) in [6, 6.07) is 0. The van der Waals surface area contributed by atoms with Crippen molar-refractivity contribution < 1.29 is 94.0 Å². The first-order chi connectivity index (χ1) is 34.5. The number of hydrogen-bond donors (Lipinski definition) is 8. The number of carbonyl (C=O) groups excluding carboxylic acids is 9. The Morgan fingerprint density at radius 1 is 0.514 bits per heavy atom. The maximum Gasteiger partial charge on any atom is 0.266 e. The molecule has 2 aliphatic rings. The first-order valence-corrected chi connectivity index (χ1v) is 25.4. The Bertz CT molecular complexity index is 1800. The molecule has 7 N–H and O–H groups in total. The summed E-state index contributed by atoms with van der Waals surface area (Å²) in [6.07, 6.45) is 0.127. The van der Waals surface area contributed by atoms with Crippen molar-refractivity contribution in [3.05, 3.63) is 0 Å². The number of amides is 9. The van der Waals surface area contributed by atoms with Crippen molar-refractivity contribution in [3.63, 3.8) is 0 Å². The van der Waals surface area contributed by atoms with Crippen LogP contribution in [0.4, 0.5) is 0 Å². The number of thiol groups is 1. The number of carbonyl (C=O) groups is 9. The van der Waals surface area contributed by atoms with Crippen molar-refractivity contribution in [2.24, 2.45) is 0 Å². The van der Waals surface area contributed by atoms with E-state index in [4.69, 9.17) is 42.4 Å². The van der Waals surface area contributed by atoms with Crippen molar-refractivity contribution in [1.29, 1.82) is 0 Å². The molecule has 29 nitrogen and oxygen atoms in total. The van der Waals surface area contributed by atoms with Crippen molar-refractivity contribution in [2.45, 2.75) is 18.1 Å². The molecule has 412 valence electrons. The molecule has 2 aliphatic heterocycles. The van der Waals surface area contributed by atoms with E-state index in [-0.39, 0.29) is 64.0 Å². The van der Waals surface area contributed by atoms with Gasteiger partial charge in [-0.05, 0) is 0 Å². The SMILES string of the molecule is O=C(CNC(=O)CNC(=O)CNC(=O)CNC(=O)CNC(=O)CN1C(=O)CC(S)C1=O)NCCOCCOCCOCCOCCOCCOCCOCCOCCC(=O)N1CCN(CCS(=O)(=O)O)CC1. The van der Waals surface area contributed by atoms with E-state index in [1.807, 2.05) is 4.90 Å². The third kappa shape index (κ3) is 33.1. The van der Waals surface area contributed by atoms with Gasteiger partial charge in [0, 0.05) is 45.7 Å². The minimum absolute atomic E-state index is 0.0206. The number of hydrogen-bond acceptors (Lipinski definition) is 21. The molecule has 2 saturated heterocycles. The Balaban J connectivity index is 1.25. The number of likely N-dealkylation sites (tertiary alicyclic amines) is 1. The zero-order valence-corrected chi connectivity index (χ0v) is 42.1. The van der Waals surface area contributed by atoms with Gasteiger partial charge >= 0.3 is 0 Å². The standard InChI is InChI=1S/C41H71N9O20S2/c51-33(26-43-34(52)27-44-35(53)28-45-36(54)29-46-37(55)30-47-38(56)31-50-40(58)25-32(71)41(50)59)42-2-9-64-11-13-66-15-17-68-19-21-70-23-22-69-20-18-67-16-14-65-12-10-63-8-1-39(57)49-5-3-48(4-6-49)7-24-72(60,61)62/h32,71H,1-31H2,(H,42,51)(H,43,52)(H,44,53)(H,45,54)(H,46,55)(H,47,56)(H,60,61,62). The maximum absolute atomic E-state index is 12.3. The number of nitrogens with zero attached hydrogens (tertiary/aromatic N) is 3. The van der Waals surface area contributed by atoms with E-state index in [1.165, 1.54) is 0 Å². The van der Waals surface area contributed by atoms with Crippen LogP contribution < -0.4 is 31.9 Å². The van der Waals surface area contributed by atoms with Gasteiger partial charge in [-0.25, -0.2) is 0 Å². The highest BCUT2D eigenvalue weighted by molar-refractivity contribution is 7.85.